The van der Waals surface area contributed by atoms with Crippen LogP contribution in [0.25, 0.3) is 0 Å². The second kappa shape index (κ2) is 7.78. The van der Waals surface area contributed by atoms with Gasteiger partial charge < -0.3 is 14.9 Å². The molecule has 3 amide bonds. The maximum atomic E-state index is 11.9. The summed E-state index contributed by atoms with van der Waals surface area (Å²) in [5.41, 5.74) is -0.0381. The quantitative estimate of drug-likeness (QED) is 0.728. The minimum absolute atomic E-state index is 0.0313. The van der Waals surface area contributed by atoms with Crippen molar-refractivity contribution in [3.63, 3.8) is 0 Å². The summed E-state index contributed by atoms with van der Waals surface area (Å²) in [4.78, 5) is 38.1. The Hall–Kier alpha value is -1.89. The highest BCUT2D eigenvalue weighted by Crippen LogP contribution is 2.07. The Labute approximate surface area is 124 Å². The first-order chi connectivity index (χ1) is 9.82. The number of hydrogen-bond donors (Lipinski definition) is 2. The minimum atomic E-state index is -1.17. The second-order valence-corrected chi connectivity index (χ2v) is 5.28. The van der Waals surface area contributed by atoms with E-state index in [1.807, 2.05) is 0 Å². The Morgan fingerprint density at radius 3 is 2.24 bits per heavy atom. The lowest BCUT2D eigenvalue weighted by molar-refractivity contribution is -0.133. The average Bonchev–Trinajstić information content (AvgIpc) is 2.95. The number of rotatable bonds is 5. The Kier molecular flexibility index (Phi) is 6.36. The molecule has 21 heavy (non-hydrogen) atoms. The van der Waals surface area contributed by atoms with E-state index in [-0.39, 0.29) is 11.1 Å². The summed E-state index contributed by atoms with van der Waals surface area (Å²) >= 11 is 0. The van der Waals surface area contributed by atoms with E-state index in [4.69, 9.17) is 5.11 Å². The molecule has 1 heterocycles. The van der Waals surface area contributed by atoms with Crippen molar-refractivity contribution >= 4 is 17.9 Å². The van der Waals surface area contributed by atoms with Crippen LogP contribution in [0.15, 0.2) is 11.1 Å². The summed E-state index contributed by atoms with van der Waals surface area (Å²) in [5, 5.41) is 11.0. The van der Waals surface area contributed by atoms with Crippen molar-refractivity contribution in [1.29, 1.82) is 0 Å². The monoisotopic (exact) mass is 297 g/mol. The predicted molar refractivity (Wildman–Crippen MR) is 77.9 cm³/mol. The third-order valence-corrected chi connectivity index (χ3v) is 3.74. The molecule has 1 rings (SSSR count). The molecule has 0 aromatic heterocycles. The fraction of sp³-hybridized carbons (Fsp3) is 0.643. The molecule has 1 saturated heterocycles. The van der Waals surface area contributed by atoms with Gasteiger partial charge in [0, 0.05) is 31.3 Å². The Morgan fingerprint density at radius 1 is 1.14 bits per heavy atom. The molecule has 7 nitrogen and oxygen atoms in total. The van der Waals surface area contributed by atoms with Crippen molar-refractivity contribution in [2.75, 3.05) is 33.2 Å². The topological polar surface area (TPSA) is 89.9 Å². The van der Waals surface area contributed by atoms with Crippen molar-refractivity contribution in [3.8, 4) is 0 Å². The molecule has 118 valence electrons. The largest absolute Gasteiger partial charge is 0.478 e. The summed E-state index contributed by atoms with van der Waals surface area (Å²) in [7, 11) is 1.61. The van der Waals surface area contributed by atoms with Gasteiger partial charge in [-0.25, -0.2) is 9.59 Å². The molecule has 0 aromatic carbocycles. The Morgan fingerprint density at radius 2 is 1.71 bits per heavy atom. The van der Waals surface area contributed by atoms with Crippen LogP contribution in [-0.2, 0) is 9.59 Å². The number of carboxylic acid groups (broad SMARTS) is 1. The zero-order chi connectivity index (χ0) is 16.0. The molecule has 0 aromatic rings. The number of hydrogen-bond acceptors (Lipinski definition) is 4. The molecule has 0 radical (unpaired) electrons. The molecule has 1 aliphatic rings. The van der Waals surface area contributed by atoms with Gasteiger partial charge in [0.2, 0.25) is 0 Å². The van der Waals surface area contributed by atoms with Crippen LogP contribution in [0, 0.1) is 0 Å². The standard InChI is InChI=1S/C14H23N3O4/c1-10(11(2)13(19)20)12(18)15-14(21)16(3)8-9-17-6-4-5-7-17/h4-9H2,1-3H3,(H,19,20)(H,15,18,21). The van der Waals surface area contributed by atoms with Crippen molar-refractivity contribution in [2.24, 2.45) is 0 Å². The fourth-order valence-electron chi connectivity index (χ4n) is 2.02. The molecule has 1 fully saturated rings. The summed E-state index contributed by atoms with van der Waals surface area (Å²) in [5.74, 6) is -1.84. The molecular weight excluding hydrogens is 274 g/mol. The number of carbonyl (C=O) groups excluding carboxylic acids is 2. The lowest BCUT2D eigenvalue weighted by Gasteiger charge is -2.21. The molecule has 1 aliphatic heterocycles. The number of amides is 3. The maximum absolute atomic E-state index is 11.9. The first kappa shape index (κ1) is 17.2. The zero-order valence-electron chi connectivity index (χ0n) is 12.8. The average molecular weight is 297 g/mol. The Balaban J connectivity index is 2.45. The van der Waals surface area contributed by atoms with Crippen molar-refractivity contribution < 1.29 is 19.5 Å². The summed E-state index contributed by atoms with van der Waals surface area (Å²) in [6, 6.07) is -0.517. The molecule has 0 unspecified atom stereocenters. The molecular formula is C14H23N3O4. The van der Waals surface area contributed by atoms with Crippen LogP contribution in [-0.4, -0.2) is 66.0 Å². The number of urea groups is 1. The van der Waals surface area contributed by atoms with Crippen molar-refractivity contribution in [1.82, 2.24) is 15.1 Å². The van der Waals surface area contributed by atoms with Gasteiger partial charge in [-0.05, 0) is 39.8 Å². The van der Waals surface area contributed by atoms with E-state index in [1.54, 1.807) is 7.05 Å². The zero-order valence-corrected chi connectivity index (χ0v) is 12.8. The van der Waals surface area contributed by atoms with E-state index in [0.717, 1.165) is 19.6 Å². The molecule has 0 spiro atoms. The minimum Gasteiger partial charge on any atom is -0.478 e. The number of likely N-dealkylation sites (tertiary alicyclic amines) is 1. The van der Waals surface area contributed by atoms with Gasteiger partial charge in [-0.15, -0.1) is 0 Å². The summed E-state index contributed by atoms with van der Waals surface area (Å²) in [6.45, 7) is 6.12. The third kappa shape index (κ3) is 5.18. The predicted octanol–water partition coefficient (Wildman–Crippen LogP) is 0.671. The highest BCUT2D eigenvalue weighted by Gasteiger charge is 2.18. The molecule has 0 saturated carbocycles. The number of carboxylic acids is 1. The number of aliphatic carboxylic acids is 1. The van der Waals surface area contributed by atoms with Crippen LogP contribution in [0.4, 0.5) is 4.79 Å². The Bertz CT molecular complexity index is 453. The van der Waals surface area contributed by atoms with Gasteiger partial charge in [0.1, 0.15) is 0 Å². The number of imide groups is 1. The van der Waals surface area contributed by atoms with E-state index in [9.17, 15) is 14.4 Å². The van der Waals surface area contributed by atoms with Crippen LogP contribution < -0.4 is 5.32 Å². The summed E-state index contributed by atoms with van der Waals surface area (Å²) in [6.07, 6.45) is 2.37. The van der Waals surface area contributed by atoms with Crippen LogP contribution in [0.5, 0.6) is 0 Å². The van der Waals surface area contributed by atoms with E-state index in [2.05, 4.69) is 10.2 Å². The number of likely N-dealkylation sites (N-methyl/N-ethyl adjacent to an activating group) is 1. The van der Waals surface area contributed by atoms with E-state index in [1.165, 1.54) is 31.6 Å². The highest BCUT2D eigenvalue weighted by molar-refractivity contribution is 6.07. The molecule has 2 N–H and O–H groups in total. The van der Waals surface area contributed by atoms with Crippen LogP contribution in [0.2, 0.25) is 0 Å². The molecule has 0 atom stereocenters. The van der Waals surface area contributed by atoms with Gasteiger partial charge in [-0.3, -0.25) is 10.1 Å². The molecule has 7 heteroatoms. The van der Waals surface area contributed by atoms with Crippen molar-refractivity contribution in [3.05, 3.63) is 11.1 Å². The maximum Gasteiger partial charge on any atom is 0.331 e. The fourth-order valence-corrected chi connectivity index (χ4v) is 2.02. The van der Waals surface area contributed by atoms with Gasteiger partial charge in [0.05, 0.1) is 0 Å². The van der Waals surface area contributed by atoms with Crippen LogP contribution >= 0.6 is 0 Å². The number of carbonyl (C=O) groups is 3. The van der Waals surface area contributed by atoms with Crippen molar-refractivity contribution in [2.45, 2.75) is 26.7 Å². The van der Waals surface area contributed by atoms with Crippen LogP contribution in [0.1, 0.15) is 26.7 Å². The first-order valence-electron chi connectivity index (χ1n) is 7.02. The van der Waals surface area contributed by atoms with E-state index in [0.29, 0.717) is 6.54 Å². The normalized spacial score (nSPS) is 16.3. The van der Waals surface area contributed by atoms with Gasteiger partial charge in [0.15, 0.2) is 0 Å². The third-order valence-electron chi connectivity index (χ3n) is 3.74. The summed E-state index contributed by atoms with van der Waals surface area (Å²) < 4.78 is 0. The number of nitrogens with one attached hydrogen (secondary N) is 1. The second-order valence-electron chi connectivity index (χ2n) is 5.28. The van der Waals surface area contributed by atoms with Gasteiger partial charge in [0.25, 0.3) is 5.91 Å². The first-order valence-corrected chi connectivity index (χ1v) is 7.02. The molecule has 0 bridgehead atoms. The van der Waals surface area contributed by atoms with Gasteiger partial charge in [-0.1, -0.05) is 0 Å². The number of nitrogens with zero attached hydrogens (tertiary/aromatic N) is 2. The SMILES string of the molecule is CC(C(=O)O)=C(C)C(=O)NC(=O)N(C)CCN1CCCC1. The smallest absolute Gasteiger partial charge is 0.331 e. The van der Waals surface area contributed by atoms with E-state index >= 15 is 0 Å². The van der Waals surface area contributed by atoms with E-state index < -0.39 is 17.9 Å². The molecule has 0 aliphatic carbocycles. The van der Waals surface area contributed by atoms with Crippen LogP contribution in [0.3, 0.4) is 0 Å². The van der Waals surface area contributed by atoms with Gasteiger partial charge in [-0.2, -0.15) is 0 Å². The highest BCUT2D eigenvalue weighted by atomic mass is 16.4. The lowest BCUT2D eigenvalue weighted by atomic mass is 10.1. The lowest BCUT2D eigenvalue weighted by Crippen LogP contribution is -2.44. The van der Waals surface area contributed by atoms with Gasteiger partial charge >= 0.3 is 12.0 Å².